The molecule has 0 fully saturated rings. The van der Waals surface area contributed by atoms with Crippen LogP contribution in [0, 0.1) is 0 Å². The van der Waals surface area contributed by atoms with Gasteiger partial charge in [-0.2, -0.15) is 0 Å². The second kappa shape index (κ2) is 9.10. The smallest absolute Gasteiger partial charge is 0.244 e. The number of rotatable bonds is 8. The van der Waals surface area contributed by atoms with Crippen molar-refractivity contribution in [3.05, 3.63) is 59.7 Å². The third kappa shape index (κ3) is 5.04. The number of hydrogen-bond acceptors (Lipinski definition) is 4. The highest BCUT2D eigenvalue weighted by molar-refractivity contribution is 7.92. The number of anilines is 1. The van der Waals surface area contributed by atoms with Gasteiger partial charge in [0.05, 0.1) is 25.1 Å². The zero-order valence-electron chi connectivity index (χ0n) is 17.0. The second-order valence-electron chi connectivity index (χ2n) is 6.73. The van der Waals surface area contributed by atoms with E-state index in [1.165, 1.54) is 0 Å². The molecule has 0 aromatic heterocycles. The molecule has 2 rings (SSSR count). The van der Waals surface area contributed by atoms with Crippen LogP contribution in [0.15, 0.2) is 48.5 Å². The molecule has 0 aliphatic heterocycles. The number of nitrogens with zero attached hydrogens (tertiary/aromatic N) is 1. The van der Waals surface area contributed by atoms with Crippen LogP contribution in [0.5, 0.6) is 5.75 Å². The fraction of sp³-hybridized carbons (Fsp3) is 0.381. The van der Waals surface area contributed by atoms with Crippen LogP contribution in [0.4, 0.5) is 5.69 Å². The monoisotopic (exact) mass is 404 g/mol. The number of nitrogens with one attached hydrogen (secondary N) is 1. The minimum absolute atomic E-state index is 0.338. The van der Waals surface area contributed by atoms with Crippen LogP contribution in [0.2, 0.25) is 0 Å². The molecule has 1 amide bonds. The number of aryl methyl sites for hydroxylation is 1. The minimum Gasteiger partial charge on any atom is -0.496 e. The van der Waals surface area contributed by atoms with Crippen LogP contribution in [0.25, 0.3) is 0 Å². The molecule has 0 aliphatic rings. The van der Waals surface area contributed by atoms with Crippen molar-refractivity contribution in [1.82, 2.24) is 5.32 Å². The molecule has 2 atom stereocenters. The summed E-state index contributed by atoms with van der Waals surface area (Å²) < 4.78 is 31.3. The summed E-state index contributed by atoms with van der Waals surface area (Å²) in [7, 11) is -2.08. The van der Waals surface area contributed by atoms with Crippen LogP contribution in [0.3, 0.4) is 0 Å². The first-order chi connectivity index (χ1) is 13.2. The van der Waals surface area contributed by atoms with Gasteiger partial charge in [0.2, 0.25) is 15.9 Å². The van der Waals surface area contributed by atoms with E-state index in [4.69, 9.17) is 4.74 Å². The fourth-order valence-corrected chi connectivity index (χ4v) is 4.30. The van der Waals surface area contributed by atoms with E-state index in [2.05, 4.69) is 5.32 Å². The Kier molecular flexibility index (Phi) is 7.07. The Labute approximate surface area is 167 Å². The van der Waals surface area contributed by atoms with Crippen LogP contribution >= 0.6 is 0 Å². The van der Waals surface area contributed by atoms with Gasteiger partial charge >= 0.3 is 0 Å². The molecule has 0 spiro atoms. The summed E-state index contributed by atoms with van der Waals surface area (Å²) in [4.78, 5) is 12.9. The summed E-state index contributed by atoms with van der Waals surface area (Å²) in [5.41, 5.74) is 2.38. The first-order valence-corrected chi connectivity index (χ1v) is 11.1. The molecule has 2 aromatic rings. The van der Waals surface area contributed by atoms with Crippen LogP contribution < -0.4 is 14.4 Å². The SMILES string of the molecule is CCc1ccc(N([C@H](C)C(=O)N[C@H](C)c2ccccc2OC)S(C)(=O)=O)cc1. The van der Waals surface area contributed by atoms with Crippen LogP contribution in [-0.2, 0) is 21.2 Å². The van der Waals surface area contributed by atoms with Crippen molar-refractivity contribution >= 4 is 21.6 Å². The lowest BCUT2D eigenvalue weighted by Crippen LogP contribution is -2.48. The summed E-state index contributed by atoms with van der Waals surface area (Å²) in [6, 6.07) is 13.4. The third-order valence-corrected chi connectivity index (χ3v) is 5.89. The van der Waals surface area contributed by atoms with E-state index >= 15 is 0 Å². The maximum Gasteiger partial charge on any atom is 0.244 e. The van der Waals surface area contributed by atoms with Crippen molar-refractivity contribution in [1.29, 1.82) is 0 Å². The van der Waals surface area contributed by atoms with Gasteiger partial charge in [-0.3, -0.25) is 9.10 Å². The lowest BCUT2D eigenvalue weighted by molar-refractivity contribution is -0.122. The Morgan fingerprint density at radius 3 is 2.25 bits per heavy atom. The number of carbonyl (C=O) groups is 1. The van der Waals surface area contributed by atoms with Gasteiger partial charge in [-0.25, -0.2) is 8.42 Å². The van der Waals surface area contributed by atoms with E-state index in [-0.39, 0.29) is 11.9 Å². The number of hydrogen-bond donors (Lipinski definition) is 1. The molecule has 7 heteroatoms. The van der Waals surface area contributed by atoms with Crippen LogP contribution in [0.1, 0.15) is 37.9 Å². The van der Waals surface area contributed by atoms with E-state index in [0.29, 0.717) is 11.4 Å². The highest BCUT2D eigenvalue weighted by Gasteiger charge is 2.30. The zero-order valence-corrected chi connectivity index (χ0v) is 17.8. The molecule has 0 aliphatic carbocycles. The molecule has 28 heavy (non-hydrogen) atoms. The highest BCUT2D eigenvalue weighted by atomic mass is 32.2. The largest absolute Gasteiger partial charge is 0.496 e. The average Bonchev–Trinajstić information content (AvgIpc) is 2.67. The van der Waals surface area contributed by atoms with Gasteiger partial charge in [0.1, 0.15) is 11.8 Å². The molecule has 0 saturated heterocycles. The Morgan fingerprint density at radius 1 is 1.11 bits per heavy atom. The molecule has 0 unspecified atom stereocenters. The van der Waals surface area contributed by atoms with Crippen molar-refractivity contribution in [2.45, 2.75) is 39.3 Å². The van der Waals surface area contributed by atoms with E-state index < -0.39 is 16.1 Å². The van der Waals surface area contributed by atoms with E-state index in [9.17, 15) is 13.2 Å². The first kappa shape index (κ1) is 21.8. The number of ether oxygens (including phenoxy) is 1. The molecule has 152 valence electrons. The van der Waals surface area contributed by atoms with Crippen molar-refractivity contribution in [2.24, 2.45) is 0 Å². The lowest BCUT2D eigenvalue weighted by atomic mass is 10.1. The van der Waals surface area contributed by atoms with Gasteiger partial charge in [-0.1, -0.05) is 37.3 Å². The Bertz CT molecular complexity index is 910. The van der Waals surface area contributed by atoms with E-state index in [0.717, 1.165) is 28.1 Å². The molecular formula is C21H28N2O4S. The zero-order chi connectivity index (χ0) is 20.9. The maximum atomic E-state index is 12.9. The van der Waals surface area contributed by atoms with Crippen molar-refractivity contribution in [3.63, 3.8) is 0 Å². The number of carbonyl (C=O) groups excluding carboxylic acids is 1. The summed E-state index contributed by atoms with van der Waals surface area (Å²) in [5.74, 6) is 0.279. The van der Waals surface area contributed by atoms with Crippen molar-refractivity contribution in [2.75, 3.05) is 17.7 Å². The maximum absolute atomic E-state index is 12.9. The molecule has 0 bridgehead atoms. The standard InChI is InChI=1S/C21H28N2O4S/c1-6-17-11-13-18(14-12-17)23(28(5,25)26)16(3)21(24)22-15(2)19-9-7-8-10-20(19)27-4/h7-16H,6H2,1-5H3,(H,22,24)/t15-,16-/m1/s1. The molecule has 1 N–H and O–H groups in total. The predicted molar refractivity (Wildman–Crippen MR) is 112 cm³/mol. The highest BCUT2D eigenvalue weighted by Crippen LogP contribution is 2.26. The second-order valence-corrected chi connectivity index (χ2v) is 8.59. The molecular weight excluding hydrogens is 376 g/mol. The number of sulfonamides is 1. The van der Waals surface area contributed by atoms with Crippen molar-refractivity contribution < 1.29 is 17.9 Å². The molecule has 0 radical (unpaired) electrons. The molecule has 6 nitrogen and oxygen atoms in total. The Morgan fingerprint density at radius 2 is 1.71 bits per heavy atom. The molecule has 2 aromatic carbocycles. The van der Waals surface area contributed by atoms with E-state index in [1.807, 2.05) is 50.2 Å². The topological polar surface area (TPSA) is 75.7 Å². The van der Waals surface area contributed by atoms with Gasteiger partial charge in [0.15, 0.2) is 0 Å². The van der Waals surface area contributed by atoms with Gasteiger partial charge in [-0.05, 0) is 44.0 Å². The predicted octanol–water partition coefficient (Wildman–Crippen LogP) is 3.29. The fourth-order valence-electron chi connectivity index (χ4n) is 3.12. The number of methoxy groups -OCH3 is 1. The normalized spacial score (nSPS) is 13.5. The summed E-state index contributed by atoms with van der Waals surface area (Å²) in [6.45, 7) is 5.45. The minimum atomic E-state index is -3.65. The molecule has 0 heterocycles. The van der Waals surface area contributed by atoms with Crippen LogP contribution in [-0.4, -0.2) is 33.7 Å². The summed E-state index contributed by atoms with van der Waals surface area (Å²) in [6.07, 6.45) is 1.96. The number of para-hydroxylation sites is 1. The number of amides is 1. The van der Waals surface area contributed by atoms with Gasteiger partial charge in [0, 0.05) is 5.56 Å². The van der Waals surface area contributed by atoms with E-state index in [1.54, 1.807) is 26.2 Å². The Hall–Kier alpha value is -2.54. The third-order valence-electron chi connectivity index (χ3n) is 4.65. The van der Waals surface area contributed by atoms with Crippen molar-refractivity contribution in [3.8, 4) is 5.75 Å². The van der Waals surface area contributed by atoms with Gasteiger partial charge in [-0.15, -0.1) is 0 Å². The Balaban J connectivity index is 2.26. The van der Waals surface area contributed by atoms with Gasteiger partial charge < -0.3 is 10.1 Å². The average molecular weight is 405 g/mol. The number of benzene rings is 2. The lowest BCUT2D eigenvalue weighted by Gasteiger charge is -2.29. The summed E-state index contributed by atoms with van der Waals surface area (Å²) in [5, 5.41) is 2.89. The first-order valence-electron chi connectivity index (χ1n) is 9.20. The molecule has 0 saturated carbocycles. The quantitative estimate of drug-likeness (QED) is 0.733. The van der Waals surface area contributed by atoms with Gasteiger partial charge in [0.25, 0.3) is 0 Å². The summed E-state index contributed by atoms with van der Waals surface area (Å²) >= 11 is 0.